The van der Waals surface area contributed by atoms with Gasteiger partial charge in [0.2, 0.25) is 0 Å². The lowest BCUT2D eigenvalue weighted by Gasteiger charge is -2.16. The SMILES string of the molecule is CCC(=NNC(=O)C(c1ccccc1)c1ccccc1)c1ccc(O)cc1. The highest BCUT2D eigenvalue weighted by atomic mass is 16.3. The summed E-state index contributed by atoms with van der Waals surface area (Å²) in [6.07, 6.45) is 0.659. The van der Waals surface area contributed by atoms with Gasteiger partial charge in [0.25, 0.3) is 5.91 Å². The molecule has 0 saturated carbocycles. The Labute approximate surface area is 159 Å². The topological polar surface area (TPSA) is 61.7 Å². The quantitative estimate of drug-likeness (QED) is 0.505. The summed E-state index contributed by atoms with van der Waals surface area (Å²) in [6.45, 7) is 1.98. The van der Waals surface area contributed by atoms with Crippen LogP contribution in [0.3, 0.4) is 0 Å². The summed E-state index contributed by atoms with van der Waals surface area (Å²) in [4.78, 5) is 13.0. The van der Waals surface area contributed by atoms with Crippen molar-refractivity contribution in [2.45, 2.75) is 19.3 Å². The van der Waals surface area contributed by atoms with E-state index in [0.29, 0.717) is 6.42 Å². The molecule has 0 aliphatic rings. The van der Waals surface area contributed by atoms with E-state index in [0.717, 1.165) is 22.4 Å². The van der Waals surface area contributed by atoms with E-state index in [2.05, 4.69) is 10.5 Å². The van der Waals surface area contributed by atoms with Gasteiger partial charge in [0.15, 0.2) is 0 Å². The van der Waals surface area contributed by atoms with Crippen LogP contribution in [-0.4, -0.2) is 16.7 Å². The van der Waals surface area contributed by atoms with Crippen molar-refractivity contribution in [2.75, 3.05) is 0 Å². The van der Waals surface area contributed by atoms with Gasteiger partial charge in [-0.2, -0.15) is 5.10 Å². The van der Waals surface area contributed by atoms with E-state index in [4.69, 9.17) is 0 Å². The van der Waals surface area contributed by atoms with Crippen LogP contribution in [0.25, 0.3) is 0 Å². The molecule has 1 amide bonds. The summed E-state index contributed by atoms with van der Waals surface area (Å²) in [6, 6.07) is 26.1. The van der Waals surface area contributed by atoms with E-state index in [1.165, 1.54) is 0 Å². The maximum absolute atomic E-state index is 13.0. The van der Waals surface area contributed by atoms with Crippen LogP contribution in [0.2, 0.25) is 0 Å². The summed E-state index contributed by atoms with van der Waals surface area (Å²) < 4.78 is 0. The van der Waals surface area contributed by atoms with Crippen molar-refractivity contribution < 1.29 is 9.90 Å². The lowest BCUT2D eigenvalue weighted by atomic mass is 9.91. The number of carbonyl (C=O) groups excluding carboxylic acids is 1. The van der Waals surface area contributed by atoms with Gasteiger partial charge in [-0.15, -0.1) is 0 Å². The number of nitrogens with zero attached hydrogens (tertiary/aromatic N) is 1. The first-order chi connectivity index (χ1) is 13.2. The first-order valence-corrected chi connectivity index (χ1v) is 8.94. The lowest BCUT2D eigenvalue weighted by molar-refractivity contribution is -0.121. The van der Waals surface area contributed by atoms with E-state index in [-0.39, 0.29) is 11.7 Å². The zero-order chi connectivity index (χ0) is 19.1. The molecule has 0 heterocycles. The van der Waals surface area contributed by atoms with Gasteiger partial charge in [-0.05, 0) is 47.4 Å². The van der Waals surface area contributed by atoms with Gasteiger partial charge in [-0.25, -0.2) is 5.43 Å². The molecule has 2 N–H and O–H groups in total. The van der Waals surface area contributed by atoms with Crippen molar-refractivity contribution in [3.63, 3.8) is 0 Å². The van der Waals surface area contributed by atoms with Crippen molar-refractivity contribution >= 4 is 11.6 Å². The minimum Gasteiger partial charge on any atom is -0.508 e. The van der Waals surface area contributed by atoms with Crippen LogP contribution >= 0.6 is 0 Å². The smallest absolute Gasteiger partial charge is 0.252 e. The number of benzene rings is 3. The summed E-state index contributed by atoms with van der Waals surface area (Å²) in [7, 11) is 0. The van der Waals surface area contributed by atoms with Gasteiger partial charge in [0, 0.05) is 0 Å². The largest absolute Gasteiger partial charge is 0.508 e. The molecule has 4 nitrogen and oxygen atoms in total. The van der Waals surface area contributed by atoms with Crippen LogP contribution in [0.1, 0.15) is 36.0 Å². The fourth-order valence-corrected chi connectivity index (χ4v) is 2.97. The number of hydrazone groups is 1. The molecule has 0 unspecified atom stereocenters. The van der Waals surface area contributed by atoms with E-state index >= 15 is 0 Å². The van der Waals surface area contributed by atoms with Crippen LogP contribution in [0, 0.1) is 0 Å². The highest BCUT2D eigenvalue weighted by Crippen LogP contribution is 2.24. The molecule has 3 rings (SSSR count). The minimum atomic E-state index is -0.436. The van der Waals surface area contributed by atoms with Gasteiger partial charge in [0.05, 0.1) is 11.6 Å². The Bertz CT molecular complexity index is 865. The number of phenolic OH excluding ortho intramolecular Hbond substituents is 1. The second-order valence-electron chi connectivity index (χ2n) is 6.19. The molecule has 0 bridgehead atoms. The fraction of sp³-hybridized carbons (Fsp3) is 0.130. The Kier molecular flexibility index (Phi) is 6.00. The molecule has 0 aliphatic heterocycles. The summed E-state index contributed by atoms with van der Waals surface area (Å²) in [5, 5.41) is 13.8. The third kappa shape index (κ3) is 4.61. The number of carbonyl (C=O) groups is 1. The maximum Gasteiger partial charge on any atom is 0.252 e. The average Bonchev–Trinajstić information content (AvgIpc) is 2.71. The van der Waals surface area contributed by atoms with E-state index in [9.17, 15) is 9.90 Å². The predicted octanol–water partition coefficient (Wildman–Crippen LogP) is 4.45. The molecular formula is C23H22N2O2. The second kappa shape index (κ2) is 8.81. The lowest BCUT2D eigenvalue weighted by Crippen LogP contribution is -2.27. The Hall–Kier alpha value is -3.40. The molecular weight excluding hydrogens is 336 g/mol. The Morgan fingerprint density at radius 1 is 0.889 bits per heavy atom. The van der Waals surface area contributed by atoms with Crippen molar-refractivity contribution in [2.24, 2.45) is 5.10 Å². The number of hydrogen-bond acceptors (Lipinski definition) is 3. The predicted molar refractivity (Wildman–Crippen MR) is 108 cm³/mol. The molecule has 0 spiro atoms. The molecule has 0 saturated heterocycles. The van der Waals surface area contributed by atoms with Gasteiger partial charge in [-0.3, -0.25) is 4.79 Å². The maximum atomic E-state index is 13.0. The Morgan fingerprint density at radius 2 is 1.41 bits per heavy atom. The van der Waals surface area contributed by atoms with Crippen molar-refractivity contribution in [1.29, 1.82) is 0 Å². The normalized spacial score (nSPS) is 11.4. The zero-order valence-electron chi connectivity index (χ0n) is 15.2. The minimum absolute atomic E-state index is 0.183. The molecule has 0 radical (unpaired) electrons. The second-order valence-corrected chi connectivity index (χ2v) is 6.19. The van der Waals surface area contributed by atoms with Crippen molar-refractivity contribution in [3.8, 4) is 5.75 Å². The third-order valence-electron chi connectivity index (χ3n) is 4.36. The first-order valence-electron chi connectivity index (χ1n) is 8.94. The number of nitrogens with one attached hydrogen (secondary N) is 1. The summed E-state index contributed by atoms with van der Waals surface area (Å²) >= 11 is 0. The van der Waals surface area contributed by atoms with Gasteiger partial charge in [-0.1, -0.05) is 67.6 Å². The van der Waals surface area contributed by atoms with Crippen LogP contribution in [-0.2, 0) is 4.79 Å². The standard InChI is InChI=1S/C23H22N2O2/c1-2-21(17-13-15-20(26)16-14-17)24-25-23(27)22(18-9-5-3-6-10-18)19-11-7-4-8-12-19/h3-16,22,26H,2H2,1H3,(H,25,27). The third-order valence-corrected chi connectivity index (χ3v) is 4.36. The number of phenols is 1. The van der Waals surface area contributed by atoms with E-state index in [1.54, 1.807) is 24.3 Å². The highest BCUT2D eigenvalue weighted by molar-refractivity contribution is 6.01. The molecule has 0 aromatic heterocycles. The van der Waals surface area contributed by atoms with Crippen LogP contribution in [0.5, 0.6) is 5.75 Å². The Balaban J connectivity index is 1.87. The number of amides is 1. The van der Waals surface area contributed by atoms with Crippen LogP contribution < -0.4 is 5.43 Å². The highest BCUT2D eigenvalue weighted by Gasteiger charge is 2.22. The summed E-state index contributed by atoms with van der Waals surface area (Å²) in [5.41, 5.74) is 6.18. The van der Waals surface area contributed by atoms with E-state index < -0.39 is 5.92 Å². The Morgan fingerprint density at radius 3 is 1.89 bits per heavy atom. The number of aromatic hydroxyl groups is 1. The molecule has 0 atom stereocenters. The zero-order valence-corrected chi connectivity index (χ0v) is 15.2. The first kappa shape index (κ1) is 18.4. The van der Waals surface area contributed by atoms with Crippen LogP contribution in [0.4, 0.5) is 0 Å². The fourth-order valence-electron chi connectivity index (χ4n) is 2.97. The molecule has 27 heavy (non-hydrogen) atoms. The van der Waals surface area contributed by atoms with E-state index in [1.807, 2.05) is 67.6 Å². The molecule has 4 heteroatoms. The van der Waals surface area contributed by atoms with Gasteiger partial charge < -0.3 is 5.11 Å². The van der Waals surface area contributed by atoms with Crippen LogP contribution in [0.15, 0.2) is 90.0 Å². The molecule has 136 valence electrons. The van der Waals surface area contributed by atoms with Gasteiger partial charge >= 0.3 is 0 Å². The van der Waals surface area contributed by atoms with Crippen molar-refractivity contribution in [1.82, 2.24) is 5.43 Å². The van der Waals surface area contributed by atoms with Crippen molar-refractivity contribution in [3.05, 3.63) is 102 Å². The molecule has 3 aromatic carbocycles. The molecule has 0 fully saturated rings. The number of rotatable bonds is 6. The monoisotopic (exact) mass is 358 g/mol. The summed E-state index contributed by atoms with van der Waals surface area (Å²) in [5.74, 6) is -0.419. The van der Waals surface area contributed by atoms with Gasteiger partial charge in [0.1, 0.15) is 5.75 Å². The molecule has 3 aromatic rings. The number of hydrogen-bond donors (Lipinski definition) is 2. The average molecular weight is 358 g/mol. The molecule has 0 aliphatic carbocycles.